The third-order valence-corrected chi connectivity index (χ3v) is 5.89. The molecule has 1 atom stereocenters. The summed E-state index contributed by atoms with van der Waals surface area (Å²) in [4.78, 5) is 26.6. The van der Waals surface area contributed by atoms with E-state index in [0.29, 0.717) is 25.6 Å². The zero-order valence-electron chi connectivity index (χ0n) is 18.8. The summed E-state index contributed by atoms with van der Waals surface area (Å²) in [6.07, 6.45) is 2.60. The molecular weight excluding hydrogens is 400 g/mol. The lowest BCUT2D eigenvalue weighted by molar-refractivity contribution is -0.133. The van der Waals surface area contributed by atoms with Crippen LogP contribution in [0.4, 0.5) is 5.95 Å². The first-order chi connectivity index (χ1) is 15.7. The Hall–Kier alpha value is -3.41. The fraction of sp³-hybridized carbons (Fsp3) is 0.346. The summed E-state index contributed by atoms with van der Waals surface area (Å²) in [5.41, 5.74) is 3.00. The smallest absolute Gasteiger partial charge is 0.230 e. The van der Waals surface area contributed by atoms with Crippen LogP contribution in [0.5, 0.6) is 5.75 Å². The summed E-state index contributed by atoms with van der Waals surface area (Å²) < 4.78 is 5.52. The minimum Gasteiger partial charge on any atom is -0.494 e. The van der Waals surface area contributed by atoms with Crippen LogP contribution in [0.25, 0.3) is 11.3 Å². The number of ether oxygens (including phenoxy) is 1. The lowest BCUT2D eigenvalue weighted by atomic mass is 9.95. The molecule has 6 nitrogen and oxygen atoms in total. The van der Waals surface area contributed by atoms with E-state index < -0.39 is 0 Å². The molecule has 1 aliphatic rings. The van der Waals surface area contributed by atoms with Gasteiger partial charge >= 0.3 is 0 Å². The fourth-order valence-corrected chi connectivity index (χ4v) is 4.14. The van der Waals surface area contributed by atoms with Gasteiger partial charge in [0.2, 0.25) is 11.9 Å². The molecule has 4 rings (SSSR count). The maximum absolute atomic E-state index is 13.2. The number of hydrogen-bond acceptors (Lipinski definition) is 5. The second-order valence-electron chi connectivity index (χ2n) is 7.88. The zero-order valence-corrected chi connectivity index (χ0v) is 18.8. The summed E-state index contributed by atoms with van der Waals surface area (Å²) >= 11 is 0. The number of carbonyl (C=O) groups is 1. The first-order valence-corrected chi connectivity index (χ1v) is 11.3. The number of carbonyl (C=O) groups excluding carboxylic acids is 1. The van der Waals surface area contributed by atoms with Gasteiger partial charge in [-0.25, -0.2) is 9.97 Å². The van der Waals surface area contributed by atoms with Crippen molar-refractivity contribution in [2.45, 2.75) is 26.2 Å². The van der Waals surface area contributed by atoms with Crippen molar-refractivity contribution in [1.82, 2.24) is 14.9 Å². The quantitative estimate of drug-likeness (QED) is 0.557. The molecule has 0 spiro atoms. The van der Waals surface area contributed by atoms with Crippen LogP contribution in [-0.4, -0.2) is 53.6 Å². The molecule has 1 saturated heterocycles. The van der Waals surface area contributed by atoms with Crippen molar-refractivity contribution in [1.29, 1.82) is 0 Å². The van der Waals surface area contributed by atoms with E-state index in [9.17, 15) is 4.79 Å². The zero-order chi connectivity index (χ0) is 22.3. The van der Waals surface area contributed by atoms with Crippen LogP contribution in [0.15, 0.2) is 66.9 Å². The van der Waals surface area contributed by atoms with Crippen molar-refractivity contribution >= 4 is 11.9 Å². The van der Waals surface area contributed by atoms with Crippen LogP contribution in [0.3, 0.4) is 0 Å². The minimum atomic E-state index is -0.0815. The van der Waals surface area contributed by atoms with Crippen LogP contribution in [0, 0.1) is 0 Å². The number of hydrogen-bond donors (Lipinski definition) is 0. The van der Waals surface area contributed by atoms with Crippen LogP contribution >= 0.6 is 0 Å². The van der Waals surface area contributed by atoms with Crippen molar-refractivity contribution in [3.8, 4) is 17.0 Å². The van der Waals surface area contributed by atoms with E-state index in [1.807, 2.05) is 72.5 Å². The number of anilines is 1. The van der Waals surface area contributed by atoms with Crippen molar-refractivity contribution in [3.63, 3.8) is 0 Å². The molecule has 0 aliphatic carbocycles. The molecule has 0 bridgehead atoms. The van der Waals surface area contributed by atoms with Crippen molar-refractivity contribution in [3.05, 3.63) is 72.4 Å². The Morgan fingerprint density at radius 1 is 0.969 bits per heavy atom. The summed E-state index contributed by atoms with van der Waals surface area (Å²) in [6.45, 7) is 7.51. The number of benzene rings is 2. The van der Waals surface area contributed by atoms with Gasteiger partial charge in [-0.05, 0) is 49.2 Å². The molecule has 0 radical (unpaired) electrons. The highest BCUT2D eigenvalue weighted by atomic mass is 16.5. The Morgan fingerprint density at radius 2 is 1.69 bits per heavy atom. The second kappa shape index (κ2) is 10.3. The number of aromatic nitrogens is 2. The van der Waals surface area contributed by atoms with Gasteiger partial charge in [0.05, 0.1) is 18.2 Å². The molecule has 0 unspecified atom stereocenters. The Morgan fingerprint density at radius 3 is 2.34 bits per heavy atom. The van der Waals surface area contributed by atoms with E-state index in [0.717, 1.165) is 42.1 Å². The fourth-order valence-electron chi connectivity index (χ4n) is 4.14. The normalized spacial score (nSPS) is 14.8. The summed E-state index contributed by atoms with van der Waals surface area (Å²) in [5, 5.41) is 0. The third-order valence-electron chi connectivity index (χ3n) is 5.89. The summed E-state index contributed by atoms with van der Waals surface area (Å²) in [5.74, 6) is 1.69. The lowest BCUT2D eigenvalue weighted by Gasteiger charge is -2.36. The molecule has 32 heavy (non-hydrogen) atoms. The first-order valence-electron chi connectivity index (χ1n) is 11.3. The average molecular weight is 431 g/mol. The van der Waals surface area contributed by atoms with Gasteiger partial charge < -0.3 is 14.5 Å². The highest BCUT2D eigenvalue weighted by Gasteiger charge is 2.28. The van der Waals surface area contributed by atoms with Gasteiger partial charge in [-0.2, -0.15) is 0 Å². The van der Waals surface area contributed by atoms with Gasteiger partial charge in [0.15, 0.2) is 0 Å². The molecule has 1 fully saturated rings. The average Bonchev–Trinajstić information content (AvgIpc) is 2.86. The van der Waals surface area contributed by atoms with Gasteiger partial charge in [-0.15, -0.1) is 0 Å². The molecule has 166 valence electrons. The van der Waals surface area contributed by atoms with E-state index in [2.05, 4.69) is 16.8 Å². The topological polar surface area (TPSA) is 58.6 Å². The Bertz CT molecular complexity index is 1020. The predicted molar refractivity (Wildman–Crippen MR) is 127 cm³/mol. The van der Waals surface area contributed by atoms with E-state index in [4.69, 9.17) is 9.72 Å². The SMILES string of the molecule is CCOc1ccc(-c2ccnc(N3CCN(C(=O)[C@H](CC)c4ccccc4)CC3)n2)cc1. The van der Waals surface area contributed by atoms with Crippen molar-refractivity contribution < 1.29 is 9.53 Å². The van der Waals surface area contributed by atoms with Crippen molar-refractivity contribution in [2.24, 2.45) is 0 Å². The molecule has 6 heteroatoms. The van der Waals surface area contributed by atoms with Crippen LogP contribution < -0.4 is 9.64 Å². The molecule has 2 heterocycles. The van der Waals surface area contributed by atoms with Crippen LogP contribution in [0.2, 0.25) is 0 Å². The lowest BCUT2D eigenvalue weighted by Crippen LogP contribution is -2.50. The summed E-state index contributed by atoms with van der Waals surface area (Å²) in [6, 6.07) is 19.9. The molecule has 0 saturated carbocycles. The van der Waals surface area contributed by atoms with E-state index in [-0.39, 0.29) is 11.8 Å². The molecule has 3 aromatic rings. The monoisotopic (exact) mass is 430 g/mol. The number of amides is 1. The minimum absolute atomic E-state index is 0.0815. The molecule has 1 aromatic heterocycles. The highest BCUT2D eigenvalue weighted by molar-refractivity contribution is 5.84. The van der Waals surface area contributed by atoms with E-state index >= 15 is 0 Å². The van der Waals surface area contributed by atoms with Crippen LogP contribution in [0.1, 0.15) is 31.7 Å². The predicted octanol–water partition coefficient (Wildman–Crippen LogP) is 4.38. The van der Waals surface area contributed by atoms with E-state index in [1.165, 1.54) is 0 Å². The van der Waals surface area contributed by atoms with Gasteiger partial charge in [0, 0.05) is 37.9 Å². The molecule has 1 amide bonds. The Kier molecular flexibility index (Phi) is 7.00. The number of piperazine rings is 1. The van der Waals surface area contributed by atoms with Gasteiger partial charge in [-0.1, -0.05) is 37.3 Å². The number of rotatable bonds is 7. The van der Waals surface area contributed by atoms with Crippen molar-refractivity contribution in [2.75, 3.05) is 37.7 Å². The standard InChI is InChI=1S/C26H30N4O2/c1-3-23(20-8-6-5-7-9-20)25(31)29-16-18-30(19-17-29)26-27-15-14-24(28-26)21-10-12-22(13-11-21)32-4-2/h5-15,23H,3-4,16-19H2,1-2H3/t23-/m1/s1. The number of nitrogens with zero attached hydrogens (tertiary/aromatic N) is 4. The molecular formula is C26H30N4O2. The highest BCUT2D eigenvalue weighted by Crippen LogP contribution is 2.25. The van der Waals surface area contributed by atoms with Gasteiger partial charge in [0.1, 0.15) is 5.75 Å². The second-order valence-corrected chi connectivity index (χ2v) is 7.88. The largest absolute Gasteiger partial charge is 0.494 e. The molecule has 0 N–H and O–H groups in total. The Balaban J connectivity index is 1.41. The van der Waals surface area contributed by atoms with Crippen LogP contribution in [-0.2, 0) is 4.79 Å². The van der Waals surface area contributed by atoms with E-state index in [1.54, 1.807) is 6.20 Å². The molecule has 2 aromatic carbocycles. The maximum atomic E-state index is 13.2. The third kappa shape index (κ3) is 4.90. The Labute approximate surface area is 189 Å². The van der Waals surface area contributed by atoms with Gasteiger partial charge in [0.25, 0.3) is 0 Å². The molecule has 1 aliphatic heterocycles. The summed E-state index contributed by atoms with van der Waals surface area (Å²) in [7, 11) is 0. The maximum Gasteiger partial charge on any atom is 0.230 e. The van der Waals surface area contributed by atoms with Gasteiger partial charge in [-0.3, -0.25) is 4.79 Å². The first kappa shape index (κ1) is 21.8.